The lowest BCUT2D eigenvalue weighted by Crippen LogP contribution is -2.49. The third kappa shape index (κ3) is 2.32. The summed E-state index contributed by atoms with van der Waals surface area (Å²) in [6.07, 6.45) is 3.16. The van der Waals surface area contributed by atoms with Crippen molar-refractivity contribution in [1.82, 2.24) is 15.2 Å². The summed E-state index contributed by atoms with van der Waals surface area (Å²) in [7, 11) is 0. The van der Waals surface area contributed by atoms with Crippen molar-refractivity contribution >= 4 is 22.9 Å². The lowest BCUT2D eigenvalue weighted by molar-refractivity contribution is -0.124. The summed E-state index contributed by atoms with van der Waals surface area (Å²) < 4.78 is 6.76. The minimum Gasteiger partial charge on any atom is -0.464 e. The molecule has 1 unspecified atom stereocenters. The van der Waals surface area contributed by atoms with E-state index in [-0.39, 0.29) is 12.1 Å². The second-order valence-corrected chi connectivity index (χ2v) is 6.11. The van der Waals surface area contributed by atoms with Crippen LogP contribution in [0.3, 0.4) is 0 Å². The molecule has 7 nitrogen and oxygen atoms in total. The number of rotatable bonds is 3. The molecule has 1 aromatic carbocycles. The lowest BCUT2D eigenvalue weighted by atomic mass is 9.89. The zero-order chi connectivity index (χ0) is 17.6. The van der Waals surface area contributed by atoms with Crippen molar-refractivity contribution in [2.24, 2.45) is 0 Å². The zero-order valence-corrected chi connectivity index (χ0v) is 13.4. The van der Waals surface area contributed by atoms with Crippen molar-refractivity contribution in [2.45, 2.75) is 19.0 Å². The number of imide groups is 1. The Morgan fingerprint density at radius 2 is 2.00 bits per heavy atom. The van der Waals surface area contributed by atoms with E-state index < -0.39 is 17.5 Å². The first-order chi connectivity index (χ1) is 12.0. The number of nitrogens with one attached hydrogen (secondary N) is 2. The van der Waals surface area contributed by atoms with E-state index in [1.165, 1.54) is 4.57 Å². The van der Waals surface area contributed by atoms with E-state index in [0.29, 0.717) is 16.7 Å². The van der Waals surface area contributed by atoms with Gasteiger partial charge in [0.25, 0.3) is 11.5 Å². The summed E-state index contributed by atoms with van der Waals surface area (Å²) in [5, 5.41) is 5.78. The Hall–Kier alpha value is -3.35. The van der Waals surface area contributed by atoms with Crippen LogP contribution in [0.5, 0.6) is 0 Å². The summed E-state index contributed by atoms with van der Waals surface area (Å²) in [5.41, 5.74) is 0.252. The van der Waals surface area contributed by atoms with E-state index in [1.54, 1.807) is 55.8 Å². The van der Waals surface area contributed by atoms with Gasteiger partial charge >= 0.3 is 6.03 Å². The topological polar surface area (TPSA) is 93.3 Å². The highest BCUT2D eigenvalue weighted by molar-refractivity contribution is 6.07. The van der Waals surface area contributed by atoms with Gasteiger partial charge in [-0.1, -0.05) is 12.1 Å². The van der Waals surface area contributed by atoms with Crippen LogP contribution in [0.1, 0.15) is 11.1 Å². The molecule has 126 valence electrons. The van der Waals surface area contributed by atoms with Gasteiger partial charge in [-0.15, -0.1) is 0 Å². The Kier molecular flexibility index (Phi) is 3.24. The molecular formula is C18H15N3O4. The first-order valence-electron chi connectivity index (χ1n) is 7.77. The van der Waals surface area contributed by atoms with Crippen LogP contribution >= 0.6 is 0 Å². The quantitative estimate of drug-likeness (QED) is 0.711. The van der Waals surface area contributed by atoms with Crippen molar-refractivity contribution in [3.63, 3.8) is 0 Å². The number of carbonyl (C=O) groups excluding carboxylic acids is 2. The molecule has 1 atom stereocenters. The largest absolute Gasteiger partial charge is 0.464 e. The molecular weight excluding hydrogens is 322 g/mol. The maximum atomic E-state index is 12.6. The van der Waals surface area contributed by atoms with Crippen LogP contribution in [0.4, 0.5) is 4.79 Å². The Bertz CT molecular complexity index is 1070. The molecule has 1 aliphatic heterocycles. The maximum Gasteiger partial charge on any atom is 0.322 e. The standard InChI is InChI=1S/C18H15N3O4/c1-11-3-2-7-21(15(11)22)10-18(16(23)19-17(24)20-18)13-4-5-14-12(9-13)6-8-25-14/h2-9H,10H2,1H3,(H2,19,20,23,24). The van der Waals surface area contributed by atoms with Crippen LogP contribution in [0.25, 0.3) is 11.0 Å². The van der Waals surface area contributed by atoms with Crippen molar-refractivity contribution in [2.75, 3.05) is 0 Å². The summed E-state index contributed by atoms with van der Waals surface area (Å²) in [4.78, 5) is 36.9. The number of hydrogen-bond donors (Lipinski definition) is 2. The van der Waals surface area contributed by atoms with Gasteiger partial charge in [-0.25, -0.2) is 4.79 Å². The molecule has 0 spiro atoms. The summed E-state index contributed by atoms with van der Waals surface area (Å²) in [6.45, 7) is 1.70. The zero-order valence-electron chi connectivity index (χ0n) is 13.4. The lowest BCUT2D eigenvalue weighted by Gasteiger charge is -2.27. The van der Waals surface area contributed by atoms with Gasteiger partial charge in [-0.3, -0.25) is 14.9 Å². The maximum absolute atomic E-state index is 12.6. The SMILES string of the molecule is Cc1cccn(CC2(c3ccc4occc4c3)NC(=O)NC2=O)c1=O. The van der Waals surface area contributed by atoms with E-state index in [0.717, 1.165) is 5.39 Å². The second-order valence-electron chi connectivity index (χ2n) is 6.11. The molecule has 0 radical (unpaired) electrons. The number of pyridine rings is 1. The van der Waals surface area contributed by atoms with E-state index in [2.05, 4.69) is 10.6 Å². The van der Waals surface area contributed by atoms with Crippen LogP contribution in [0.15, 0.2) is 58.1 Å². The second kappa shape index (κ2) is 5.34. The van der Waals surface area contributed by atoms with Gasteiger partial charge in [0.15, 0.2) is 5.54 Å². The Labute approximate surface area is 142 Å². The van der Waals surface area contributed by atoms with Gasteiger partial charge in [-0.05, 0) is 36.8 Å². The van der Waals surface area contributed by atoms with E-state index in [4.69, 9.17) is 4.42 Å². The number of benzene rings is 1. The third-order valence-electron chi connectivity index (χ3n) is 4.50. The monoisotopic (exact) mass is 337 g/mol. The molecule has 0 bridgehead atoms. The number of amides is 3. The average molecular weight is 337 g/mol. The number of carbonyl (C=O) groups is 2. The molecule has 0 aliphatic carbocycles. The smallest absolute Gasteiger partial charge is 0.322 e. The molecule has 2 aromatic heterocycles. The van der Waals surface area contributed by atoms with Crippen LogP contribution in [-0.2, 0) is 16.9 Å². The molecule has 1 saturated heterocycles. The molecule has 0 saturated carbocycles. The number of nitrogens with zero attached hydrogens (tertiary/aromatic N) is 1. The fourth-order valence-corrected chi connectivity index (χ4v) is 3.17. The van der Waals surface area contributed by atoms with Gasteiger partial charge in [0.05, 0.1) is 12.8 Å². The molecule has 2 N–H and O–H groups in total. The molecule has 3 aromatic rings. The minimum absolute atomic E-state index is 0.00551. The Morgan fingerprint density at radius 1 is 1.16 bits per heavy atom. The molecule has 25 heavy (non-hydrogen) atoms. The predicted octanol–water partition coefficient (Wildman–Crippen LogP) is 1.64. The van der Waals surface area contributed by atoms with Gasteiger partial charge in [0, 0.05) is 17.1 Å². The first-order valence-corrected chi connectivity index (χ1v) is 7.77. The Balaban J connectivity index is 1.88. The predicted molar refractivity (Wildman–Crippen MR) is 90.0 cm³/mol. The molecule has 1 fully saturated rings. The molecule has 7 heteroatoms. The van der Waals surface area contributed by atoms with Crippen LogP contribution in [0.2, 0.25) is 0 Å². The van der Waals surface area contributed by atoms with Gasteiger partial charge in [-0.2, -0.15) is 0 Å². The first kappa shape index (κ1) is 15.2. The highest BCUT2D eigenvalue weighted by Crippen LogP contribution is 2.30. The van der Waals surface area contributed by atoms with E-state index >= 15 is 0 Å². The fraction of sp³-hybridized carbons (Fsp3) is 0.167. The van der Waals surface area contributed by atoms with Crippen molar-refractivity contribution in [1.29, 1.82) is 0 Å². The molecule has 4 rings (SSSR count). The number of aromatic nitrogens is 1. The number of fused-ring (bicyclic) bond motifs is 1. The highest BCUT2D eigenvalue weighted by atomic mass is 16.3. The molecule has 3 heterocycles. The number of furan rings is 1. The third-order valence-corrected chi connectivity index (χ3v) is 4.50. The van der Waals surface area contributed by atoms with Crippen LogP contribution in [0, 0.1) is 6.92 Å². The average Bonchev–Trinajstić information content (AvgIpc) is 3.16. The highest BCUT2D eigenvalue weighted by Gasteiger charge is 2.48. The number of urea groups is 1. The van der Waals surface area contributed by atoms with Gasteiger partial charge in [0.1, 0.15) is 5.58 Å². The fourth-order valence-electron chi connectivity index (χ4n) is 3.17. The molecule has 3 amide bonds. The molecule has 1 aliphatic rings. The normalized spacial score (nSPS) is 19.9. The van der Waals surface area contributed by atoms with Crippen LogP contribution in [-0.4, -0.2) is 16.5 Å². The van der Waals surface area contributed by atoms with E-state index in [1.807, 2.05) is 0 Å². The summed E-state index contributed by atoms with van der Waals surface area (Å²) in [5.74, 6) is -0.492. The summed E-state index contributed by atoms with van der Waals surface area (Å²) >= 11 is 0. The van der Waals surface area contributed by atoms with Gasteiger partial charge < -0.3 is 14.3 Å². The number of aryl methyl sites for hydroxylation is 1. The number of hydrogen-bond acceptors (Lipinski definition) is 4. The van der Waals surface area contributed by atoms with Crippen LogP contribution < -0.4 is 16.2 Å². The van der Waals surface area contributed by atoms with Crippen molar-refractivity contribution < 1.29 is 14.0 Å². The van der Waals surface area contributed by atoms with Crippen molar-refractivity contribution in [3.8, 4) is 0 Å². The minimum atomic E-state index is -1.36. The van der Waals surface area contributed by atoms with Gasteiger partial charge in [0.2, 0.25) is 0 Å². The van der Waals surface area contributed by atoms with Crippen molar-refractivity contribution in [3.05, 3.63) is 70.3 Å². The summed E-state index contributed by atoms with van der Waals surface area (Å²) in [6, 6.07) is 9.87. The Morgan fingerprint density at radius 3 is 2.76 bits per heavy atom. The van der Waals surface area contributed by atoms with E-state index in [9.17, 15) is 14.4 Å².